The van der Waals surface area contributed by atoms with Gasteiger partial charge in [0.2, 0.25) is 5.91 Å². The van der Waals surface area contributed by atoms with Gasteiger partial charge in [-0.3, -0.25) is 4.79 Å². The molecule has 2 heterocycles. The molecule has 2 N–H and O–H groups in total. The van der Waals surface area contributed by atoms with E-state index in [9.17, 15) is 4.79 Å². The van der Waals surface area contributed by atoms with Crippen LogP contribution in [-0.2, 0) is 4.79 Å². The number of nitrogens with two attached hydrogens (primary N) is 1. The molecule has 1 fully saturated rings. The zero-order valence-corrected chi connectivity index (χ0v) is 15.2. The molecule has 3 rings (SSSR count). The number of nitrogens with zero attached hydrogens (tertiary/aromatic N) is 3. The van der Waals surface area contributed by atoms with Gasteiger partial charge < -0.3 is 20.0 Å². The van der Waals surface area contributed by atoms with Gasteiger partial charge in [-0.25, -0.2) is 0 Å². The molecule has 1 aliphatic heterocycles. The minimum Gasteiger partial charge on any atom is -0.423 e. The van der Waals surface area contributed by atoms with Gasteiger partial charge in [0.25, 0.3) is 6.01 Å². The number of hydrogen-bond donors (Lipinski definition) is 1. The summed E-state index contributed by atoms with van der Waals surface area (Å²) in [6, 6.07) is 6.19. The van der Waals surface area contributed by atoms with E-state index in [0.29, 0.717) is 32.2 Å². The van der Waals surface area contributed by atoms with E-state index in [4.69, 9.17) is 10.2 Å². The summed E-state index contributed by atoms with van der Waals surface area (Å²) in [5.41, 5.74) is 8.80. The second-order valence-corrected chi connectivity index (χ2v) is 6.55. The molecule has 1 saturated heterocycles. The van der Waals surface area contributed by atoms with Crippen molar-refractivity contribution in [2.24, 2.45) is 11.7 Å². The number of amides is 1. The van der Waals surface area contributed by atoms with E-state index in [1.807, 2.05) is 43.9 Å². The minimum atomic E-state index is -0.422. The SMILES string of the molecule is Cc1ccc2oc(N3CCN(C(=O)[C@@H](N)C(C)C)CC3)nc2c1.Cl. The maximum absolute atomic E-state index is 12.3. The van der Waals surface area contributed by atoms with Crippen LogP contribution in [0, 0.1) is 12.8 Å². The number of carbonyl (C=O) groups is 1. The molecular weight excluding hydrogens is 328 g/mol. The number of hydrogen-bond acceptors (Lipinski definition) is 5. The molecule has 1 amide bonds. The Hall–Kier alpha value is -1.79. The molecule has 24 heavy (non-hydrogen) atoms. The van der Waals surface area contributed by atoms with Crippen LogP contribution in [0.3, 0.4) is 0 Å². The second kappa shape index (κ2) is 7.40. The second-order valence-electron chi connectivity index (χ2n) is 6.55. The van der Waals surface area contributed by atoms with E-state index < -0.39 is 6.04 Å². The molecule has 0 radical (unpaired) electrons. The summed E-state index contributed by atoms with van der Waals surface area (Å²) in [6.07, 6.45) is 0. The fraction of sp³-hybridized carbons (Fsp3) is 0.529. The highest BCUT2D eigenvalue weighted by atomic mass is 35.5. The number of piperazine rings is 1. The Kier molecular flexibility index (Phi) is 5.72. The van der Waals surface area contributed by atoms with Crippen LogP contribution in [0.25, 0.3) is 11.1 Å². The van der Waals surface area contributed by atoms with Crippen LogP contribution in [0.2, 0.25) is 0 Å². The van der Waals surface area contributed by atoms with Gasteiger partial charge in [-0.1, -0.05) is 19.9 Å². The first-order valence-electron chi connectivity index (χ1n) is 8.12. The third-order valence-corrected chi connectivity index (χ3v) is 4.40. The van der Waals surface area contributed by atoms with Crippen molar-refractivity contribution in [3.8, 4) is 0 Å². The first-order chi connectivity index (χ1) is 11.0. The number of anilines is 1. The van der Waals surface area contributed by atoms with Crippen molar-refractivity contribution >= 4 is 35.4 Å². The molecule has 0 spiro atoms. The third-order valence-electron chi connectivity index (χ3n) is 4.40. The average molecular weight is 353 g/mol. The van der Waals surface area contributed by atoms with Crippen LogP contribution in [0.1, 0.15) is 19.4 Å². The monoisotopic (exact) mass is 352 g/mol. The number of aryl methyl sites for hydroxylation is 1. The van der Waals surface area contributed by atoms with Crippen LogP contribution in [-0.4, -0.2) is 48.0 Å². The Morgan fingerprint density at radius 3 is 2.54 bits per heavy atom. The maximum Gasteiger partial charge on any atom is 0.298 e. The summed E-state index contributed by atoms with van der Waals surface area (Å²) < 4.78 is 5.83. The number of oxazole rings is 1. The average Bonchev–Trinajstić information content (AvgIpc) is 2.96. The van der Waals surface area contributed by atoms with Gasteiger partial charge in [0.05, 0.1) is 6.04 Å². The molecule has 0 bridgehead atoms. The van der Waals surface area contributed by atoms with Crippen LogP contribution in [0.4, 0.5) is 6.01 Å². The minimum absolute atomic E-state index is 0. The standard InChI is InChI=1S/C17H24N4O2.ClH/c1-11(2)15(18)16(22)20-6-8-21(9-7-20)17-19-13-10-12(3)4-5-14(13)23-17;/h4-5,10-11,15H,6-9,18H2,1-3H3;1H/t15-;/m0./s1. The number of halogens is 1. The first kappa shape index (κ1) is 18.5. The maximum atomic E-state index is 12.3. The Balaban J connectivity index is 0.00000208. The highest BCUT2D eigenvalue weighted by Gasteiger charge is 2.28. The van der Waals surface area contributed by atoms with Crippen LogP contribution in [0.15, 0.2) is 22.6 Å². The summed E-state index contributed by atoms with van der Waals surface area (Å²) in [4.78, 5) is 20.8. The first-order valence-corrected chi connectivity index (χ1v) is 8.12. The number of fused-ring (bicyclic) bond motifs is 1. The number of carbonyl (C=O) groups excluding carboxylic acids is 1. The van der Waals surface area contributed by atoms with Crippen LogP contribution in [0.5, 0.6) is 0 Å². The highest BCUT2D eigenvalue weighted by molar-refractivity contribution is 5.85. The fourth-order valence-electron chi connectivity index (χ4n) is 2.77. The summed E-state index contributed by atoms with van der Waals surface area (Å²) >= 11 is 0. The van der Waals surface area contributed by atoms with E-state index in [0.717, 1.165) is 16.7 Å². The van der Waals surface area contributed by atoms with E-state index in [1.165, 1.54) is 0 Å². The Morgan fingerprint density at radius 2 is 1.92 bits per heavy atom. The summed E-state index contributed by atoms with van der Waals surface area (Å²) in [7, 11) is 0. The molecule has 2 aromatic rings. The van der Waals surface area contributed by atoms with Gasteiger partial charge in [0.15, 0.2) is 5.58 Å². The van der Waals surface area contributed by atoms with E-state index in [1.54, 1.807) is 0 Å². The molecule has 7 heteroatoms. The lowest BCUT2D eigenvalue weighted by Gasteiger charge is -2.35. The number of benzene rings is 1. The lowest BCUT2D eigenvalue weighted by atomic mass is 10.0. The van der Waals surface area contributed by atoms with Crippen molar-refractivity contribution in [1.29, 1.82) is 0 Å². The van der Waals surface area contributed by atoms with E-state index in [-0.39, 0.29) is 24.2 Å². The smallest absolute Gasteiger partial charge is 0.298 e. The Morgan fingerprint density at radius 1 is 1.25 bits per heavy atom. The summed E-state index contributed by atoms with van der Waals surface area (Å²) in [5, 5.41) is 0. The quantitative estimate of drug-likeness (QED) is 0.916. The molecule has 1 aromatic carbocycles. The van der Waals surface area contributed by atoms with Gasteiger partial charge >= 0.3 is 0 Å². The van der Waals surface area contributed by atoms with Crippen LogP contribution < -0.4 is 10.6 Å². The zero-order chi connectivity index (χ0) is 16.6. The Labute approximate surface area is 148 Å². The predicted octanol–water partition coefficient (Wildman–Crippen LogP) is 2.19. The number of aromatic nitrogens is 1. The van der Waals surface area contributed by atoms with E-state index >= 15 is 0 Å². The highest BCUT2D eigenvalue weighted by Crippen LogP contribution is 2.23. The molecular formula is C17H25ClN4O2. The third kappa shape index (κ3) is 3.65. The molecule has 132 valence electrons. The molecule has 0 aliphatic carbocycles. The van der Waals surface area contributed by atoms with Crippen molar-refractivity contribution in [2.75, 3.05) is 31.1 Å². The molecule has 6 nitrogen and oxygen atoms in total. The topological polar surface area (TPSA) is 75.6 Å². The van der Waals surface area contributed by atoms with Crippen LogP contribution >= 0.6 is 12.4 Å². The van der Waals surface area contributed by atoms with Crippen molar-refractivity contribution in [3.05, 3.63) is 23.8 Å². The van der Waals surface area contributed by atoms with Gasteiger partial charge in [-0.2, -0.15) is 4.98 Å². The summed E-state index contributed by atoms with van der Waals surface area (Å²) in [5.74, 6) is 0.189. The molecule has 0 saturated carbocycles. The Bertz CT molecular complexity index is 708. The summed E-state index contributed by atoms with van der Waals surface area (Å²) in [6.45, 7) is 8.70. The van der Waals surface area contributed by atoms with Gasteiger partial charge in [0.1, 0.15) is 5.52 Å². The molecule has 0 unspecified atom stereocenters. The van der Waals surface area contributed by atoms with Gasteiger partial charge in [-0.15, -0.1) is 12.4 Å². The van der Waals surface area contributed by atoms with Crippen molar-refractivity contribution in [2.45, 2.75) is 26.8 Å². The predicted molar refractivity (Wildman–Crippen MR) is 97.6 cm³/mol. The zero-order valence-electron chi connectivity index (χ0n) is 14.4. The largest absolute Gasteiger partial charge is 0.423 e. The van der Waals surface area contributed by atoms with Gasteiger partial charge in [0, 0.05) is 26.2 Å². The fourth-order valence-corrected chi connectivity index (χ4v) is 2.77. The van der Waals surface area contributed by atoms with E-state index in [2.05, 4.69) is 9.88 Å². The van der Waals surface area contributed by atoms with Crippen molar-refractivity contribution in [3.63, 3.8) is 0 Å². The van der Waals surface area contributed by atoms with Crippen molar-refractivity contribution in [1.82, 2.24) is 9.88 Å². The lowest BCUT2D eigenvalue weighted by molar-refractivity contribution is -0.133. The normalized spacial score (nSPS) is 16.4. The molecule has 1 aliphatic rings. The lowest BCUT2D eigenvalue weighted by Crippen LogP contribution is -2.54. The molecule has 1 aromatic heterocycles. The van der Waals surface area contributed by atoms with Gasteiger partial charge in [-0.05, 0) is 30.5 Å². The van der Waals surface area contributed by atoms with Crippen molar-refractivity contribution < 1.29 is 9.21 Å². The number of rotatable bonds is 3. The molecule has 1 atom stereocenters.